The third-order valence-electron chi connectivity index (χ3n) is 6.53. The van der Waals surface area contributed by atoms with Crippen molar-refractivity contribution in [1.82, 2.24) is 4.90 Å². The van der Waals surface area contributed by atoms with Gasteiger partial charge in [0.15, 0.2) is 0 Å². The number of piperidine rings is 1. The first-order chi connectivity index (χ1) is 14.3. The predicted molar refractivity (Wildman–Crippen MR) is 118 cm³/mol. The molecule has 1 fully saturated rings. The molecule has 0 radical (unpaired) electrons. The van der Waals surface area contributed by atoms with Gasteiger partial charge >= 0.3 is 5.97 Å². The summed E-state index contributed by atoms with van der Waals surface area (Å²) in [6, 6.07) is 17.9. The quantitative estimate of drug-likeness (QED) is 0.562. The van der Waals surface area contributed by atoms with Crippen molar-refractivity contribution in [2.24, 2.45) is 17.6 Å². The van der Waals surface area contributed by atoms with Crippen LogP contribution < -0.4 is 10.5 Å². The Hall–Kier alpha value is -2.66. The fourth-order valence-corrected chi connectivity index (χ4v) is 4.46. The van der Waals surface area contributed by atoms with Crippen molar-refractivity contribution in [3.05, 3.63) is 65.7 Å². The lowest BCUT2D eigenvalue weighted by Gasteiger charge is -2.45. The molecule has 3 rings (SSSR count). The zero-order valence-corrected chi connectivity index (χ0v) is 18.1. The average Bonchev–Trinajstić information content (AvgIpc) is 2.71. The second kappa shape index (κ2) is 9.43. The van der Waals surface area contributed by atoms with E-state index in [9.17, 15) is 9.59 Å². The van der Waals surface area contributed by atoms with E-state index in [2.05, 4.69) is 24.8 Å². The first-order valence-corrected chi connectivity index (χ1v) is 10.6. The summed E-state index contributed by atoms with van der Waals surface area (Å²) >= 11 is 0. The van der Waals surface area contributed by atoms with E-state index in [0.29, 0.717) is 24.6 Å². The van der Waals surface area contributed by atoms with Crippen LogP contribution in [-0.2, 0) is 21.4 Å². The molecule has 2 aromatic rings. The Labute approximate surface area is 179 Å². The number of hydrogen-bond acceptors (Lipinski definition) is 4. The molecule has 1 heterocycles. The van der Waals surface area contributed by atoms with E-state index in [0.717, 1.165) is 25.1 Å². The van der Waals surface area contributed by atoms with E-state index in [4.69, 9.17) is 10.5 Å². The van der Waals surface area contributed by atoms with E-state index in [1.54, 1.807) is 0 Å². The number of rotatable bonds is 7. The molecule has 1 amide bonds. The summed E-state index contributed by atoms with van der Waals surface area (Å²) in [4.78, 5) is 25.8. The van der Waals surface area contributed by atoms with E-state index in [1.807, 2.05) is 48.5 Å². The van der Waals surface area contributed by atoms with Gasteiger partial charge in [-0.3, -0.25) is 9.59 Å². The molecule has 2 N–H and O–H groups in total. The molecule has 160 valence electrons. The molecule has 5 heteroatoms. The summed E-state index contributed by atoms with van der Waals surface area (Å²) in [6.07, 6.45) is 1.64. The summed E-state index contributed by atoms with van der Waals surface area (Å²) in [7, 11) is 0. The molecule has 5 nitrogen and oxygen atoms in total. The van der Waals surface area contributed by atoms with Gasteiger partial charge in [0.2, 0.25) is 5.91 Å². The molecular weight excluding hydrogens is 376 g/mol. The molecule has 3 atom stereocenters. The maximum absolute atomic E-state index is 12.1. The van der Waals surface area contributed by atoms with Gasteiger partial charge in [-0.05, 0) is 54.0 Å². The normalized spacial score (nSPS) is 23.0. The summed E-state index contributed by atoms with van der Waals surface area (Å²) in [5.41, 5.74) is 8.03. The summed E-state index contributed by atoms with van der Waals surface area (Å²) < 4.78 is 5.28. The van der Waals surface area contributed by atoms with Crippen LogP contribution in [0.15, 0.2) is 54.6 Å². The number of likely N-dealkylation sites (tertiary alicyclic amines) is 1. The van der Waals surface area contributed by atoms with Crippen molar-refractivity contribution >= 4 is 11.9 Å². The Bertz CT molecular complexity index is 883. The highest BCUT2D eigenvalue weighted by Gasteiger charge is 2.39. The monoisotopic (exact) mass is 408 g/mol. The highest BCUT2D eigenvalue weighted by atomic mass is 16.5. The average molecular weight is 409 g/mol. The lowest BCUT2D eigenvalue weighted by atomic mass is 9.68. The maximum Gasteiger partial charge on any atom is 0.308 e. The molecule has 0 spiro atoms. The topological polar surface area (TPSA) is 72.6 Å². The minimum Gasteiger partial charge on any atom is -0.427 e. The van der Waals surface area contributed by atoms with E-state index in [-0.39, 0.29) is 23.2 Å². The van der Waals surface area contributed by atoms with Crippen LogP contribution in [0.2, 0.25) is 0 Å². The molecule has 3 unspecified atom stereocenters. The van der Waals surface area contributed by atoms with Crippen molar-refractivity contribution in [2.45, 2.75) is 39.0 Å². The van der Waals surface area contributed by atoms with E-state index >= 15 is 0 Å². The Kier molecular flexibility index (Phi) is 6.93. The van der Waals surface area contributed by atoms with Crippen molar-refractivity contribution in [3.63, 3.8) is 0 Å². The lowest BCUT2D eigenvalue weighted by molar-refractivity contribution is -0.132. The van der Waals surface area contributed by atoms with Crippen LogP contribution >= 0.6 is 0 Å². The Morgan fingerprint density at radius 1 is 1.20 bits per heavy atom. The van der Waals surface area contributed by atoms with Crippen LogP contribution in [0.25, 0.3) is 0 Å². The molecule has 1 saturated heterocycles. The van der Waals surface area contributed by atoms with E-state index in [1.165, 1.54) is 12.5 Å². The molecule has 0 aromatic heterocycles. The number of amides is 1. The van der Waals surface area contributed by atoms with Gasteiger partial charge in [0.05, 0.1) is 5.92 Å². The number of nitrogens with zero attached hydrogens (tertiary/aromatic N) is 1. The Morgan fingerprint density at radius 3 is 2.57 bits per heavy atom. The van der Waals surface area contributed by atoms with Crippen LogP contribution in [0, 0.1) is 11.8 Å². The van der Waals surface area contributed by atoms with Crippen LogP contribution in [0.1, 0.15) is 38.3 Å². The number of nitrogens with two attached hydrogens (primary N) is 1. The fraction of sp³-hybridized carbons (Fsp3) is 0.440. The standard InChI is InChI=1S/C25H32N2O3/c1-18-16-27(17-21(24(26)29)14-20-8-5-4-6-9-20)13-12-25(18,3)22-10-7-11-23(15-22)30-19(2)28/h4-11,15,18,21H,12-14,16-17H2,1-3H3,(H2,26,29). The predicted octanol–water partition coefficient (Wildman–Crippen LogP) is 3.56. The van der Waals surface area contributed by atoms with Crippen molar-refractivity contribution in [2.75, 3.05) is 19.6 Å². The third kappa shape index (κ3) is 5.28. The van der Waals surface area contributed by atoms with Gasteiger partial charge in [-0.15, -0.1) is 0 Å². The maximum atomic E-state index is 12.1. The zero-order valence-electron chi connectivity index (χ0n) is 18.1. The van der Waals surface area contributed by atoms with Crippen LogP contribution in [0.3, 0.4) is 0 Å². The minimum atomic E-state index is -0.309. The van der Waals surface area contributed by atoms with Crippen LogP contribution in [0.4, 0.5) is 0 Å². The van der Waals surface area contributed by atoms with Gasteiger partial charge in [0, 0.05) is 20.0 Å². The molecule has 2 aromatic carbocycles. The lowest BCUT2D eigenvalue weighted by Crippen LogP contribution is -2.49. The molecule has 1 aliphatic rings. The molecule has 30 heavy (non-hydrogen) atoms. The summed E-state index contributed by atoms with van der Waals surface area (Å²) in [5.74, 6) is 0.220. The number of carbonyl (C=O) groups excluding carboxylic acids is 2. The summed E-state index contributed by atoms with van der Waals surface area (Å²) in [6.45, 7) is 8.42. The van der Waals surface area contributed by atoms with Crippen molar-refractivity contribution in [3.8, 4) is 5.75 Å². The zero-order chi connectivity index (χ0) is 21.7. The van der Waals surface area contributed by atoms with Crippen molar-refractivity contribution in [1.29, 1.82) is 0 Å². The molecule has 0 bridgehead atoms. The largest absolute Gasteiger partial charge is 0.427 e. The number of carbonyl (C=O) groups is 2. The number of benzene rings is 2. The number of esters is 1. The SMILES string of the molecule is CC(=O)Oc1cccc(C2(C)CCN(CC(Cc3ccccc3)C(N)=O)CC2C)c1. The van der Waals surface area contributed by atoms with Gasteiger partial charge in [0.1, 0.15) is 5.75 Å². The van der Waals surface area contributed by atoms with Gasteiger partial charge in [-0.2, -0.15) is 0 Å². The van der Waals surface area contributed by atoms with Crippen LogP contribution in [-0.4, -0.2) is 36.4 Å². The molecular formula is C25H32N2O3. The minimum absolute atomic E-state index is 0.0195. The molecule has 0 aliphatic carbocycles. The first-order valence-electron chi connectivity index (χ1n) is 10.6. The number of hydrogen-bond donors (Lipinski definition) is 1. The molecule has 1 aliphatic heterocycles. The van der Waals surface area contributed by atoms with Gasteiger partial charge in [-0.1, -0.05) is 56.3 Å². The van der Waals surface area contributed by atoms with Gasteiger partial charge < -0.3 is 15.4 Å². The second-order valence-corrected chi connectivity index (χ2v) is 8.74. The smallest absolute Gasteiger partial charge is 0.308 e. The fourth-order valence-electron chi connectivity index (χ4n) is 4.46. The summed E-state index contributed by atoms with van der Waals surface area (Å²) in [5, 5.41) is 0. The van der Waals surface area contributed by atoms with Gasteiger partial charge in [-0.25, -0.2) is 0 Å². The first kappa shape index (κ1) is 22.0. The van der Waals surface area contributed by atoms with Crippen molar-refractivity contribution < 1.29 is 14.3 Å². The van der Waals surface area contributed by atoms with Gasteiger partial charge in [0.25, 0.3) is 0 Å². The highest BCUT2D eigenvalue weighted by molar-refractivity contribution is 5.77. The number of ether oxygens (including phenoxy) is 1. The molecule has 0 saturated carbocycles. The van der Waals surface area contributed by atoms with Crippen LogP contribution in [0.5, 0.6) is 5.75 Å². The highest BCUT2D eigenvalue weighted by Crippen LogP contribution is 2.40. The second-order valence-electron chi connectivity index (χ2n) is 8.74. The Balaban J connectivity index is 1.68. The third-order valence-corrected chi connectivity index (χ3v) is 6.53. The number of primary amides is 1. The Morgan fingerprint density at radius 2 is 1.93 bits per heavy atom. The van der Waals surface area contributed by atoms with E-state index < -0.39 is 0 Å².